The van der Waals surface area contributed by atoms with Gasteiger partial charge in [0.25, 0.3) is 0 Å². The van der Waals surface area contributed by atoms with E-state index in [1.165, 1.54) is 11.2 Å². The molecule has 1 aliphatic heterocycles. The highest BCUT2D eigenvalue weighted by Gasteiger charge is 2.40. The summed E-state index contributed by atoms with van der Waals surface area (Å²) in [6.45, 7) is 7.26. The number of hydrogen-bond donors (Lipinski definition) is 1. The highest BCUT2D eigenvalue weighted by Crippen LogP contribution is 2.31. The zero-order chi connectivity index (χ0) is 21.3. The number of hydrogen-bond acceptors (Lipinski definition) is 4. The highest BCUT2D eigenvalue weighted by atomic mass is 32.2. The van der Waals surface area contributed by atoms with Gasteiger partial charge in [-0.1, -0.05) is 29.8 Å². The van der Waals surface area contributed by atoms with Crippen molar-refractivity contribution in [2.75, 3.05) is 11.9 Å². The first-order chi connectivity index (χ1) is 13.6. The number of carbonyl (C=O) groups is 2. The molecule has 1 atom stereocenters. The van der Waals surface area contributed by atoms with Crippen molar-refractivity contribution < 1.29 is 18.0 Å². The minimum absolute atomic E-state index is 0.100. The number of benzene rings is 2. The maximum Gasteiger partial charge on any atom is 0.244 e. The molecule has 2 aromatic rings. The Hall–Kier alpha value is -2.51. The number of anilines is 1. The molecule has 0 aromatic heterocycles. The van der Waals surface area contributed by atoms with Crippen LogP contribution < -0.4 is 5.32 Å². The van der Waals surface area contributed by atoms with E-state index >= 15 is 0 Å². The summed E-state index contributed by atoms with van der Waals surface area (Å²) in [5.41, 5.74) is 3.34. The molecule has 0 saturated carbocycles. The van der Waals surface area contributed by atoms with E-state index in [0.717, 1.165) is 5.56 Å². The molecule has 1 N–H and O–H groups in total. The lowest BCUT2D eigenvalue weighted by molar-refractivity contribution is -0.119. The number of ketones is 1. The topological polar surface area (TPSA) is 83.6 Å². The predicted molar refractivity (Wildman–Crippen MR) is 113 cm³/mol. The Kier molecular flexibility index (Phi) is 5.91. The molecule has 1 amide bonds. The molecule has 1 saturated heterocycles. The molecule has 0 spiro atoms. The third-order valence-electron chi connectivity index (χ3n) is 5.21. The van der Waals surface area contributed by atoms with Gasteiger partial charge in [0, 0.05) is 17.8 Å². The fourth-order valence-electron chi connectivity index (χ4n) is 4.02. The number of nitrogens with zero attached hydrogens (tertiary/aromatic N) is 1. The standard InChI is InChI=1S/C22H26N2O4S/c1-14-11-15(2)21(16(3)12-14)29(27,28)24-10-6-9-20(24)22(26)23-19-8-5-7-18(13-19)17(4)25/h5,7-8,11-13,20H,6,9-10H2,1-4H3,(H,23,26). The number of nitrogens with one attached hydrogen (secondary N) is 1. The summed E-state index contributed by atoms with van der Waals surface area (Å²) in [7, 11) is -3.81. The van der Waals surface area contributed by atoms with Crippen LogP contribution in [0.4, 0.5) is 5.69 Å². The summed E-state index contributed by atoms with van der Waals surface area (Å²) < 4.78 is 28.1. The van der Waals surface area contributed by atoms with Crippen molar-refractivity contribution in [3.05, 3.63) is 58.7 Å². The Bertz CT molecular complexity index is 1050. The predicted octanol–water partition coefficient (Wildman–Crippen LogP) is 3.61. The number of Topliss-reactive ketones (excluding diaryl/α,β-unsaturated/α-hetero) is 1. The molecule has 154 valence electrons. The second-order valence-electron chi connectivity index (χ2n) is 7.63. The van der Waals surface area contributed by atoms with Crippen LogP contribution in [0.1, 0.15) is 46.8 Å². The van der Waals surface area contributed by atoms with Gasteiger partial charge < -0.3 is 5.32 Å². The molecule has 0 aliphatic carbocycles. The smallest absolute Gasteiger partial charge is 0.244 e. The fourth-order valence-corrected chi connectivity index (χ4v) is 6.09. The third kappa shape index (κ3) is 4.26. The summed E-state index contributed by atoms with van der Waals surface area (Å²) in [5.74, 6) is -0.481. The van der Waals surface area contributed by atoms with Crippen molar-refractivity contribution in [1.29, 1.82) is 0 Å². The van der Waals surface area contributed by atoms with Gasteiger partial charge >= 0.3 is 0 Å². The van der Waals surface area contributed by atoms with Gasteiger partial charge in [-0.15, -0.1) is 0 Å². The Morgan fingerprint density at radius 2 is 1.72 bits per heavy atom. The van der Waals surface area contributed by atoms with Gasteiger partial charge in [0.15, 0.2) is 5.78 Å². The normalized spacial score (nSPS) is 17.3. The summed E-state index contributed by atoms with van der Waals surface area (Å²) in [4.78, 5) is 24.8. The largest absolute Gasteiger partial charge is 0.325 e. The first kappa shape index (κ1) is 21.2. The van der Waals surface area contributed by atoms with E-state index in [0.29, 0.717) is 41.8 Å². The van der Waals surface area contributed by atoms with Crippen molar-refractivity contribution >= 4 is 27.4 Å². The lowest BCUT2D eigenvalue weighted by Crippen LogP contribution is -2.43. The van der Waals surface area contributed by atoms with E-state index in [2.05, 4.69) is 5.32 Å². The van der Waals surface area contributed by atoms with Crippen molar-refractivity contribution in [3.8, 4) is 0 Å². The maximum atomic E-state index is 13.4. The molecule has 2 aromatic carbocycles. The monoisotopic (exact) mass is 414 g/mol. The van der Waals surface area contributed by atoms with Gasteiger partial charge in [0.2, 0.25) is 15.9 Å². The average molecular weight is 415 g/mol. The molecule has 0 bridgehead atoms. The van der Waals surface area contributed by atoms with E-state index in [9.17, 15) is 18.0 Å². The van der Waals surface area contributed by atoms with E-state index in [4.69, 9.17) is 0 Å². The second kappa shape index (κ2) is 8.08. The molecular formula is C22H26N2O4S. The van der Waals surface area contributed by atoms with E-state index < -0.39 is 16.1 Å². The second-order valence-corrected chi connectivity index (χ2v) is 9.46. The maximum absolute atomic E-state index is 13.4. The van der Waals surface area contributed by atoms with Crippen LogP contribution >= 0.6 is 0 Å². The van der Waals surface area contributed by atoms with E-state index in [1.807, 2.05) is 19.1 Å². The quantitative estimate of drug-likeness (QED) is 0.758. The Morgan fingerprint density at radius 1 is 1.07 bits per heavy atom. The van der Waals surface area contributed by atoms with Gasteiger partial charge in [-0.2, -0.15) is 4.31 Å². The molecule has 0 radical (unpaired) electrons. The van der Waals surface area contributed by atoms with Crippen LogP contribution in [0.3, 0.4) is 0 Å². The molecular weight excluding hydrogens is 388 g/mol. The van der Waals surface area contributed by atoms with E-state index in [-0.39, 0.29) is 16.6 Å². The first-order valence-corrected chi connectivity index (χ1v) is 11.1. The molecule has 1 aliphatic rings. The number of amides is 1. The van der Waals surface area contributed by atoms with Gasteiger partial charge in [0.05, 0.1) is 4.90 Å². The molecule has 1 fully saturated rings. The molecule has 1 unspecified atom stereocenters. The zero-order valence-electron chi connectivity index (χ0n) is 17.2. The van der Waals surface area contributed by atoms with Crippen LogP contribution in [-0.2, 0) is 14.8 Å². The Balaban J connectivity index is 1.89. The molecule has 6 nitrogen and oxygen atoms in total. The number of carbonyl (C=O) groups excluding carboxylic acids is 2. The molecule has 7 heteroatoms. The number of rotatable bonds is 5. The van der Waals surface area contributed by atoms with Crippen molar-refractivity contribution in [2.24, 2.45) is 0 Å². The van der Waals surface area contributed by atoms with Crippen LogP contribution in [0.5, 0.6) is 0 Å². The number of sulfonamides is 1. The summed E-state index contributed by atoms with van der Waals surface area (Å²) >= 11 is 0. The summed E-state index contributed by atoms with van der Waals surface area (Å²) in [6, 6.07) is 9.56. The van der Waals surface area contributed by atoms with Crippen LogP contribution in [0, 0.1) is 20.8 Å². The van der Waals surface area contributed by atoms with E-state index in [1.54, 1.807) is 38.1 Å². The highest BCUT2D eigenvalue weighted by molar-refractivity contribution is 7.89. The van der Waals surface area contributed by atoms with Gasteiger partial charge in [-0.25, -0.2) is 8.42 Å². The van der Waals surface area contributed by atoms with Crippen LogP contribution in [0.2, 0.25) is 0 Å². The van der Waals surface area contributed by atoms with Crippen LogP contribution in [0.15, 0.2) is 41.3 Å². The zero-order valence-corrected chi connectivity index (χ0v) is 18.0. The Morgan fingerprint density at radius 3 is 2.34 bits per heavy atom. The molecule has 1 heterocycles. The minimum atomic E-state index is -3.81. The number of aryl methyl sites for hydroxylation is 3. The minimum Gasteiger partial charge on any atom is -0.325 e. The average Bonchev–Trinajstić information content (AvgIpc) is 3.11. The van der Waals surface area contributed by atoms with Gasteiger partial charge in [-0.05, 0) is 63.8 Å². The fraction of sp³-hybridized carbons (Fsp3) is 0.364. The van der Waals surface area contributed by atoms with Crippen molar-refractivity contribution in [3.63, 3.8) is 0 Å². The summed E-state index contributed by atoms with van der Waals surface area (Å²) in [6.07, 6.45) is 1.08. The summed E-state index contributed by atoms with van der Waals surface area (Å²) in [5, 5.41) is 2.77. The molecule has 3 rings (SSSR count). The van der Waals surface area contributed by atoms with Crippen LogP contribution in [-0.4, -0.2) is 37.0 Å². The first-order valence-electron chi connectivity index (χ1n) is 9.63. The molecule has 29 heavy (non-hydrogen) atoms. The third-order valence-corrected chi connectivity index (χ3v) is 7.43. The van der Waals surface area contributed by atoms with Gasteiger partial charge in [-0.3, -0.25) is 9.59 Å². The van der Waals surface area contributed by atoms with Crippen molar-refractivity contribution in [2.45, 2.75) is 51.5 Å². The van der Waals surface area contributed by atoms with Crippen LogP contribution in [0.25, 0.3) is 0 Å². The van der Waals surface area contributed by atoms with Gasteiger partial charge in [0.1, 0.15) is 6.04 Å². The lowest BCUT2D eigenvalue weighted by Gasteiger charge is -2.25. The SMILES string of the molecule is CC(=O)c1cccc(NC(=O)C2CCCN2S(=O)(=O)c2c(C)cc(C)cc2C)c1. The lowest BCUT2D eigenvalue weighted by atomic mass is 10.1. The Labute approximate surface area is 172 Å². The van der Waals surface area contributed by atoms with Crippen molar-refractivity contribution in [1.82, 2.24) is 4.31 Å².